The Morgan fingerprint density at radius 3 is 2.37 bits per heavy atom. The highest BCUT2D eigenvalue weighted by Gasteiger charge is 2.31. The maximum absolute atomic E-state index is 5.72. The Morgan fingerprint density at radius 2 is 1.89 bits per heavy atom. The van der Waals surface area contributed by atoms with E-state index in [2.05, 4.69) is 39.5 Å². The van der Waals surface area contributed by atoms with Crippen molar-refractivity contribution < 1.29 is 0 Å². The zero-order valence-electron chi connectivity index (χ0n) is 13.9. The Morgan fingerprint density at radius 1 is 1.21 bits per heavy atom. The van der Waals surface area contributed by atoms with Gasteiger partial charge in [-0.05, 0) is 68.5 Å². The molecular formula is C17H36N2. The molecule has 0 bridgehead atoms. The summed E-state index contributed by atoms with van der Waals surface area (Å²) in [6, 6.07) is 0. The largest absolute Gasteiger partial charge is 0.330 e. The van der Waals surface area contributed by atoms with Crippen molar-refractivity contribution in [2.75, 3.05) is 26.2 Å². The third-order valence-electron chi connectivity index (χ3n) is 5.03. The van der Waals surface area contributed by atoms with E-state index in [-0.39, 0.29) is 0 Å². The standard InChI is InChI=1S/C17H36N2/c1-14(2)15(8-10-18)7-6-11-19-12-9-16(13-19)17(3,4)5/h14-16H,6-13,18H2,1-5H3. The minimum atomic E-state index is 0.481. The van der Waals surface area contributed by atoms with E-state index in [1.807, 2.05) is 0 Å². The predicted molar refractivity (Wildman–Crippen MR) is 85.2 cm³/mol. The second-order valence-corrected chi connectivity index (χ2v) is 7.88. The number of nitrogens with zero attached hydrogens (tertiary/aromatic N) is 1. The molecule has 2 N–H and O–H groups in total. The Kier molecular flexibility index (Phi) is 6.82. The van der Waals surface area contributed by atoms with Gasteiger partial charge in [0.15, 0.2) is 0 Å². The van der Waals surface area contributed by atoms with Crippen LogP contribution >= 0.6 is 0 Å². The zero-order chi connectivity index (χ0) is 14.5. The van der Waals surface area contributed by atoms with E-state index in [1.54, 1.807) is 0 Å². The highest BCUT2D eigenvalue weighted by Crippen LogP contribution is 2.33. The minimum Gasteiger partial charge on any atom is -0.330 e. The van der Waals surface area contributed by atoms with Crippen LogP contribution in [0.25, 0.3) is 0 Å². The molecule has 2 atom stereocenters. The van der Waals surface area contributed by atoms with Crippen molar-refractivity contribution in [2.24, 2.45) is 28.9 Å². The van der Waals surface area contributed by atoms with Gasteiger partial charge in [-0.25, -0.2) is 0 Å². The Hall–Kier alpha value is -0.0800. The van der Waals surface area contributed by atoms with E-state index < -0.39 is 0 Å². The summed E-state index contributed by atoms with van der Waals surface area (Å²) in [6.45, 7) is 16.6. The Balaban J connectivity index is 2.23. The summed E-state index contributed by atoms with van der Waals surface area (Å²) in [5.74, 6) is 2.49. The lowest BCUT2D eigenvalue weighted by molar-refractivity contribution is 0.222. The third-order valence-corrected chi connectivity index (χ3v) is 5.03. The molecule has 0 aromatic heterocycles. The second kappa shape index (κ2) is 7.64. The van der Waals surface area contributed by atoms with E-state index in [9.17, 15) is 0 Å². The molecule has 0 spiro atoms. The van der Waals surface area contributed by atoms with E-state index in [0.29, 0.717) is 5.41 Å². The molecule has 1 heterocycles. The van der Waals surface area contributed by atoms with Crippen LogP contribution in [0.4, 0.5) is 0 Å². The molecule has 1 aliphatic rings. The van der Waals surface area contributed by atoms with Gasteiger partial charge in [-0.15, -0.1) is 0 Å². The minimum absolute atomic E-state index is 0.481. The average molecular weight is 268 g/mol. The molecule has 0 saturated carbocycles. The van der Waals surface area contributed by atoms with Crippen molar-refractivity contribution in [3.63, 3.8) is 0 Å². The van der Waals surface area contributed by atoms with E-state index in [4.69, 9.17) is 5.73 Å². The first kappa shape index (κ1) is 17.0. The lowest BCUT2D eigenvalue weighted by Gasteiger charge is -2.27. The second-order valence-electron chi connectivity index (χ2n) is 7.88. The van der Waals surface area contributed by atoms with Crippen molar-refractivity contribution in [2.45, 2.75) is 60.3 Å². The summed E-state index contributed by atoms with van der Waals surface area (Å²) in [5.41, 5.74) is 6.20. The SMILES string of the molecule is CC(C)C(CCN)CCCN1CCC(C(C)(C)C)C1. The van der Waals surface area contributed by atoms with Crippen LogP contribution in [-0.2, 0) is 0 Å². The molecule has 0 aromatic rings. The molecule has 1 rings (SSSR count). The van der Waals surface area contributed by atoms with Gasteiger partial charge in [0.05, 0.1) is 0 Å². The molecule has 0 aliphatic carbocycles. The fraction of sp³-hybridized carbons (Fsp3) is 1.00. The van der Waals surface area contributed by atoms with Gasteiger partial charge in [0.25, 0.3) is 0 Å². The number of rotatable bonds is 7. The van der Waals surface area contributed by atoms with Crippen LogP contribution in [0.15, 0.2) is 0 Å². The lowest BCUT2D eigenvalue weighted by atomic mass is 9.80. The molecular weight excluding hydrogens is 232 g/mol. The number of nitrogens with two attached hydrogens (primary N) is 1. The van der Waals surface area contributed by atoms with Crippen molar-refractivity contribution in [3.8, 4) is 0 Å². The quantitative estimate of drug-likeness (QED) is 0.762. The highest BCUT2D eigenvalue weighted by molar-refractivity contribution is 4.83. The van der Waals surface area contributed by atoms with Gasteiger partial charge in [0.2, 0.25) is 0 Å². The van der Waals surface area contributed by atoms with E-state index in [0.717, 1.165) is 24.3 Å². The Bertz CT molecular complexity index is 242. The van der Waals surface area contributed by atoms with Crippen LogP contribution in [0.3, 0.4) is 0 Å². The maximum Gasteiger partial charge on any atom is 0.00151 e. The normalized spacial score (nSPS) is 23.2. The lowest BCUT2D eigenvalue weighted by Crippen LogP contribution is -2.27. The third kappa shape index (κ3) is 5.83. The van der Waals surface area contributed by atoms with Gasteiger partial charge in [-0.1, -0.05) is 34.6 Å². The molecule has 19 heavy (non-hydrogen) atoms. The first-order valence-electron chi connectivity index (χ1n) is 8.27. The van der Waals surface area contributed by atoms with E-state index in [1.165, 1.54) is 45.3 Å². The summed E-state index contributed by atoms with van der Waals surface area (Å²) >= 11 is 0. The average Bonchev–Trinajstić information content (AvgIpc) is 2.76. The highest BCUT2D eigenvalue weighted by atomic mass is 15.1. The molecule has 2 nitrogen and oxygen atoms in total. The van der Waals surface area contributed by atoms with Crippen LogP contribution in [0.2, 0.25) is 0 Å². The molecule has 0 aromatic carbocycles. The summed E-state index contributed by atoms with van der Waals surface area (Å²) in [6.07, 6.45) is 5.29. The first-order chi connectivity index (χ1) is 8.84. The first-order valence-corrected chi connectivity index (χ1v) is 8.27. The van der Waals surface area contributed by atoms with Gasteiger partial charge in [0.1, 0.15) is 0 Å². The van der Waals surface area contributed by atoms with Crippen molar-refractivity contribution in [3.05, 3.63) is 0 Å². The summed E-state index contributed by atoms with van der Waals surface area (Å²) in [7, 11) is 0. The summed E-state index contributed by atoms with van der Waals surface area (Å²) < 4.78 is 0. The fourth-order valence-corrected chi connectivity index (χ4v) is 3.34. The molecule has 1 fully saturated rings. The van der Waals surface area contributed by atoms with Crippen molar-refractivity contribution in [1.82, 2.24) is 4.90 Å². The number of likely N-dealkylation sites (tertiary alicyclic amines) is 1. The molecule has 2 heteroatoms. The van der Waals surface area contributed by atoms with Gasteiger partial charge < -0.3 is 10.6 Å². The molecule has 0 radical (unpaired) electrons. The van der Waals surface area contributed by atoms with Gasteiger partial charge in [0, 0.05) is 6.54 Å². The zero-order valence-corrected chi connectivity index (χ0v) is 13.9. The van der Waals surface area contributed by atoms with Gasteiger partial charge in [-0.2, -0.15) is 0 Å². The van der Waals surface area contributed by atoms with Gasteiger partial charge >= 0.3 is 0 Å². The van der Waals surface area contributed by atoms with Crippen LogP contribution in [0, 0.1) is 23.2 Å². The topological polar surface area (TPSA) is 29.3 Å². The molecule has 1 saturated heterocycles. The van der Waals surface area contributed by atoms with Crippen molar-refractivity contribution >= 4 is 0 Å². The smallest absolute Gasteiger partial charge is 0.00151 e. The van der Waals surface area contributed by atoms with Crippen LogP contribution in [0.5, 0.6) is 0 Å². The number of hydrogen-bond donors (Lipinski definition) is 1. The van der Waals surface area contributed by atoms with Crippen LogP contribution in [0.1, 0.15) is 60.3 Å². The summed E-state index contributed by atoms with van der Waals surface area (Å²) in [4.78, 5) is 2.68. The number of hydrogen-bond acceptors (Lipinski definition) is 2. The van der Waals surface area contributed by atoms with E-state index >= 15 is 0 Å². The molecule has 2 unspecified atom stereocenters. The molecule has 0 amide bonds. The fourth-order valence-electron chi connectivity index (χ4n) is 3.34. The van der Waals surface area contributed by atoms with Crippen LogP contribution < -0.4 is 5.73 Å². The Labute approximate surface area is 121 Å². The molecule has 114 valence electrons. The monoisotopic (exact) mass is 268 g/mol. The maximum atomic E-state index is 5.72. The van der Waals surface area contributed by atoms with Crippen LogP contribution in [-0.4, -0.2) is 31.1 Å². The van der Waals surface area contributed by atoms with Crippen molar-refractivity contribution in [1.29, 1.82) is 0 Å². The summed E-state index contributed by atoms with van der Waals surface area (Å²) in [5, 5.41) is 0. The van der Waals surface area contributed by atoms with Gasteiger partial charge in [-0.3, -0.25) is 0 Å². The predicted octanol–water partition coefficient (Wildman–Crippen LogP) is 3.76. The molecule has 1 aliphatic heterocycles.